The van der Waals surface area contributed by atoms with Crippen molar-refractivity contribution in [2.24, 2.45) is 0 Å². The highest BCUT2D eigenvalue weighted by Gasteiger charge is 2.32. The maximum absolute atomic E-state index is 13.1. The molecular formula is C23H26N4O4. The van der Waals surface area contributed by atoms with Gasteiger partial charge in [0.05, 0.1) is 25.8 Å². The van der Waals surface area contributed by atoms with Crippen LogP contribution in [0.5, 0.6) is 11.5 Å². The van der Waals surface area contributed by atoms with Crippen molar-refractivity contribution in [2.45, 2.75) is 32.4 Å². The number of imidazole rings is 1. The van der Waals surface area contributed by atoms with Gasteiger partial charge >= 0.3 is 0 Å². The van der Waals surface area contributed by atoms with E-state index in [4.69, 9.17) is 14.5 Å². The molecule has 4 rings (SSSR count). The Morgan fingerprint density at radius 3 is 2.77 bits per heavy atom. The van der Waals surface area contributed by atoms with E-state index in [1.54, 1.807) is 27.2 Å². The second-order valence-corrected chi connectivity index (χ2v) is 7.51. The number of hydrogen-bond acceptors (Lipinski definition) is 5. The predicted octanol–water partition coefficient (Wildman–Crippen LogP) is 2.96. The molecule has 0 aliphatic carbocycles. The minimum Gasteiger partial charge on any atom is -0.497 e. The summed E-state index contributed by atoms with van der Waals surface area (Å²) in [6.07, 6.45) is 3.63. The number of nitrogens with one attached hydrogen (secondary N) is 1. The molecule has 2 amide bonds. The van der Waals surface area contributed by atoms with Gasteiger partial charge in [0, 0.05) is 31.8 Å². The number of aromatic nitrogens is 2. The fraction of sp³-hybridized carbons (Fsp3) is 0.348. The highest BCUT2D eigenvalue weighted by molar-refractivity contribution is 5.99. The Labute approximate surface area is 180 Å². The van der Waals surface area contributed by atoms with Crippen molar-refractivity contribution in [2.75, 3.05) is 20.8 Å². The molecule has 0 spiro atoms. The van der Waals surface area contributed by atoms with E-state index >= 15 is 0 Å². The summed E-state index contributed by atoms with van der Waals surface area (Å²) in [6, 6.07) is 11.0. The van der Waals surface area contributed by atoms with Crippen LogP contribution in [0.25, 0.3) is 5.52 Å². The molecule has 0 bridgehead atoms. The lowest BCUT2D eigenvalue weighted by Crippen LogP contribution is -2.29. The Kier molecular flexibility index (Phi) is 5.79. The molecule has 8 heteroatoms. The molecule has 1 saturated heterocycles. The minimum atomic E-state index is -0.285. The number of pyridine rings is 1. The number of amides is 2. The van der Waals surface area contributed by atoms with Crippen molar-refractivity contribution in [1.82, 2.24) is 19.6 Å². The number of likely N-dealkylation sites (tertiary alicyclic amines) is 1. The fourth-order valence-corrected chi connectivity index (χ4v) is 4.16. The first-order valence-corrected chi connectivity index (χ1v) is 10.3. The zero-order chi connectivity index (χ0) is 22.0. The van der Waals surface area contributed by atoms with E-state index in [1.165, 1.54) is 0 Å². The van der Waals surface area contributed by atoms with Crippen LogP contribution in [0.1, 0.15) is 47.7 Å². The average molecular weight is 422 g/mol. The van der Waals surface area contributed by atoms with E-state index < -0.39 is 0 Å². The average Bonchev–Trinajstić information content (AvgIpc) is 3.42. The molecule has 3 heterocycles. The molecule has 0 unspecified atom stereocenters. The summed E-state index contributed by atoms with van der Waals surface area (Å²) in [5.74, 6) is 1.80. The quantitative estimate of drug-likeness (QED) is 0.660. The maximum atomic E-state index is 13.1. The monoisotopic (exact) mass is 422 g/mol. The normalized spacial score (nSPS) is 15.8. The zero-order valence-electron chi connectivity index (χ0n) is 17.9. The number of fused-ring (bicyclic) bond motifs is 1. The van der Waals surface area contributed by atoms with Crippen molar-refractivity contribution in [3.63, 3.8) is 0 Å². The Balaban J connectivity index is 1.63. The Bertz CT molecular complexity index is 1120. The van der Waals surface area contributed by atoms with Gasteiger partial charge in [-0.2, -0.15) is 0 Å². The Morgan fingerprint density at radius 2 is 2.03 bits per heavy atom. The zero-order valence-corrected chi connectivity index (χ0v) is 17.9. The van der Waals surface area contributed by atoms with Crippen LogP contribution < -0.4 is 14.8 Å². The van der Waals surface area contributed by atoms with Crippen LogP contribution in [-0.2, 0) is 11.3 Å². The first kappa shape index (κ1) is 20.7. The largest absolute Gasteiger partial charge is 0.497 e. The van der Waals surface area contributed by atoms with Gasteiger partial charge in [-0.3, -0.25) is 9.59 Å². The number of ether oxygens (including phenoxy) is 2. The SMILES string of the molecule is COc1ccc(OC)c(CNC(=O)c2nc([C@H]3CCCN3C(C)=O)n3ccccc23)c1. The van der Waals surface area contributed by atoms with Crippen LogP contribution in [-0.4, -0.2) is 46.9 Å². The van der Waals surface area contributed by atoms with Gasteiger partial charge in [0.1, 0.15) is 17.3 Å². The molecule has 31 heavy (non-hydrogen) atoms. The number of rotatable bonds is 6. The summed E-state index contributed by atoms with van der Waals surface area (Å²) in [7, 11) is 3.18. The predicted molar refractivity (Wildman–Crippen MR) is 115 cm³/mol. The number of carbonyl (C=O) groups is 2. The molecule has 1 fully saturated rings. The van der Waals surface area contributed by atoms with Crippen LogP contribution in [0.2, 0.25) is 0 Å². The van der Waals surface area contributed by atoms with Gasteiger partial charge in [-0.1, -0.05) is 6.07 Å². The molecule has 1 atom stereocenters. The number of hydrogen-bond donors (Lipinski definition) is 1. The van der Waals surface area contributed by atoms with Crippen LogP contribution in [0.15, 0.2) is 42.6 Å². The van der Waals surface area contributed by atoms with Crippen molar-refractivity contribution >= 4 is 17.3 Å². The van der Waals surface area contributed by atoms with Crippen molar-refractivity contribution in [1.29, 1.82) is 0 Å². The summed E-state index contributed by atoms with van der Waals surface area (Å²) >= 11 is 0. The molecule has 1 aromatic carbocycles. The third-order valence-electron chi connectivity index (χ3n) is 5.67. The lowest BCUT2D eigenvalue weighted by atomic mass is 10.2. The molecule has 1 aliphatic heterocycles. The van der Waals surface area contributed by atoms with E-state index in [2.05, 4.69) is 5.32 Å². The van der Waals surface area contributed by atoms with E-state index in [0.29, 0.717) is 35.1 Å². The smallest absolute Gasteiger partial charge is 0.272 e. The lowest BCUT2D eigenvalue weighted by Gasteiger charge is -2.22. The van der Waals surface area contributed by atoms with E-state index in [-0.39, 0.29) is 24.4 Å². The maximum Gasteiger partial charge on any atom is 0.272 e. The third kappa shape index (κ3) is 3.93. The second-order valence-electron chi connectivity index (χ2n) is 7.51. The number of benzene rings is 1. The molecule has 1 aliphatic rings. The molecule has 0 saturated carbocycles. The summed E-state index contributed by atoms with van der Waals surface area (Å²) in [4.78, 5) is 31.7. The Hall–Kier alpha value is -3.55. The molecule has 162 valence electrons. The van der Waals surface area contributed by atoms with Gasteiger partial charge in [0.2, 0.25) is 5.91 Å². The molecule has 8 nitrogen and oxygen atoms in total. The number of carbonyl (C=O) groups excluding carboxylic acids is 2. The summed E-state index contributed by atoms with van der Waals surface area (Å²) < 4.78 is 12.6. The van der Waals surface area contributed by atoms with Gasteiger partial charge in [-0.25, -0.2) is 4.98 Å². The molecule has 3 aromatic rings. The van der Waals surface area contributed by atoms with Gasteiger partial charge in [0.15, 0.2) is 5.69 Å². The van der Waals surface area contributed by atoms with Gasteiger partial charge < -0.3 is 24.1 Å². The summed E-state index contributed by atoms with van der Waals surface area (Å²) in [5.41, 5.74) is 1.85. The van der Waals surface area contributed by atoms with Crippen LogP contribution in [0.3, 0.4) is 0 Å². The van der Waals surface area contributed by atoms with Crippen LogP contribution in [0.4, 0.5) is 0 Å². The fourth-order valence-electron chi connectivity index (χ4n) is 4.16. The third-order valence-corrected chi connectivity index (χ3v) is 5.67. The standard InChI is InChI=1S/C23H26N4O4/c1-15(28)26-12-6-8-19(26)22-25-21(18-7-4-5-11-27(18)22)23(29)24-14-16-13-17(30-2)9-10-20(16)31-3/h4-5,7,9-11,13,19H,6,8,12,14H2,1-3H3,(H,24,29)/t19-/m1/s1. The van der Waals surface area contributed by atoms with Gasteiger partial charge in [0.25, 0.3) is 5.91 Å². The number of nitrogens with zero attached hydrogens (tertiary/aromatic N) is 3. The van der Waals surface area contributed by atoms with E-state index in [0.717, 1.165) is 18.4 Å². The second kappa shape index (κ2) is 8.67. The molecule has 1 N–H and O–H groups in total. The van der Waals surface area contributed by atoms with Crippen molar-refractivity contribution < 1.29 is 19.1 Å². The lowest BCUT2D eigenvalue weighted by molar-refractivity contribution is -0.129. The van der Waals surface area contributed by atoms with Crippen LogP contribution in [0, 0.1) is 0 Å². The minimum absolute atomic E-state index is 0.0197. The Morgan fingerprint density at radius 1 is 1.19 bits per heavy atom. The topological polar surface area (TPSA) is 85.2 Å². The summed E-state index contributed by atoms with van der Waals surface area (Å²) in [5, 5.41) is 2.94. The van der Waals surface area contributed by atoms with Crippen molar-refractivity contribution in [3.05, 3.63) is 59.7 Å². The van der Waals surface area contributed by atoms with Gasteiger partial charge in [-0.15, -0.1) is 0 Å². The molecule has 0 radical (unpaired) electrons. The van der Waals surface area contributed by atoms with E-state index in [1.807, 2.05) is 45.8 Å². The molecule has 2 aromatic heterocycles. The number of methoxy groups -OCH3 is 2. The van der Waals surface area contributed by atoms with Crippen molar-refractivity contribution in [3.8, 4) is 11.5 Å². The summed E-state index contributed by atoms with van der Waals surface area (Å²) in [6.45, 7) is 2.55. The highest BCUT2D eigenvalue weighted by Crippen LogP contribution is 2.32. The van der Waals surface area contributed by atoms with Gasteiger partial charge in [-0.05, 0) is 43.2 Å². The van der Waals surface area contributed by atoms with Crippen LogP contribution >= 0.6 is 0 Å². The molecular weight excluding hydrogens is 396 g/mol. The van der Waals surface area contributed by atoms with E-state index in [9.17, 15) is 9.59 Å². The first-order chi connectivity index (χ1) is 15.0. The first-order valence-electron chi connectivity index (χ1n) is 10.3. The highest BCUT2D eigenvalue weighted by atomic mass is 16.5.